The molecule has 0 fully saturated rings. The van der Waals surface area contributed by atoms with Gasteiger partial charge in [0.25, 0.3) is 0 Å². The Kier molecular flexibility index (Phi) is 4.09. The average Bonchev–Trinajstić information content (AvgIpc) is 2.09. The van der Waals surface area contributed by atoms with Gasteiger partial charge in [0.2, 0.25) is 0 Å². The van der Waals surface area contributed by atoms with Crippen LogP contribution in [0.3, 0.4) is 0 Å². The molecule has 0 saturated heterocycles. The summed E-state index contributed by atoms with van der Waals surface area (Å²) in [6, 6.07) is -0.223. The monoisotopic (exact) mass is 263 g/mol. The van der Waals surface area contributed by atoms with Crippen LogP contribution < -0.4 is 5.32 Å². The van der Waals surface area contributed by atoms with Crippen LogP contribution in [-0.2, 0) is 9.84 Å². The summed E-state index contributed by atoms with van der Waals surface area (Å²) in [5, 5.41) is 3.36. The molecule has 1 N–H and O–H groups in total. The summed E-state index contributed by atoms with van der Waals surface area (Å²) in [4.78, 5) is 7.82. The minimum Gasteiger partial charge on any atom is -0.366 e. The average molecular weight is 264 g/mol. The smallest absolute Gasteiger partial charge is 0.149 e. The maximum Gasteiger partial charge on any atom is 0.149 e. The van der Waals surface area contributed by atoms with Crippen molar-refractivity contribution < 1.29 is 8.42 Å². The van der Waals surface area contributed by atoms with Crippen LogP contribution in [0, 0.1) is 6.92 Å². The molecule has 1 aromatic rings. The van der Waals surface area contributed by atoms with E-state index in [2.05, 4.69) is 15.3 Å². The second-order valence-electron chi connectivity index (χ2n) is 3.78. The molecule has 0 aliphatic heterocycles. The first-order valence-corrected chi connectivity index (χ1v) is 7.15. The predicted molar refractivity (Wildman–Crippen MR) is 64.6 cm³/mol. The van der Waals surface area contributed by atoms with Crippen LogP contribution in [0.1, 0.15) is 12.5 Å². The first-order valence-electron chi connectivity index (χ1n) is 4.71. The summed E-state index contributed by atoms with van der Waals surface area (Å²) in [6.45, 7) is 3.55. The van der Waals surface area contributed by atoms with Gasteiger partial charge in [-0.1, -0.05) is 11.6 Å². The molecule has 1 atom stereocenters. The van der Waals surface area contributed by atoms with E-state index < -0.39 is 9.84 Å². The zero-order chi connectivity index (χ0) is 12.3. The van der Waals surface area contributed by atoms with Crippen molar-refractivity contribution >= 4 is 27.3 Å². The second-order valence-corrected chi connectivity index (χ2v) is 6.32. The number of rotatable bonds is 4. The number of sulfone groups is 1. The van der Waals surface area contributed by atoms with Crippen molar-refractivity contribution in [1.82, 2.24) is 9.97 Å². The van der Waals surface area contributed by atoms with E-state index in [1.165, 1.54) is 12.6 Å². The van der Waals surface area contributed by atoms with E-state index in [9.17, 15) is 8.42 Å². The van der Waals surface area contributed by atoms with Gasteiger partial charge in [0.05, 0.1) is 5.75 Å². The van der Waals surface area contributed by atoms with Gasteiger partial charge in [-0.05, 0) is 13.8 Å². The largest absolute Gasteiger partial charge is 0.366 e. The number of nitrogens with zero attached hydrogens (tertiary/aromatic N) is 2. The third-order valence-corrected chi connectivity index (χ3v) is 3.44. The maximum absolute atomic E-state index is 11.1. The Balaban J connectivity index is 2.77. The van der Waals surface area contributed by atoms with Gasteiger partial charge in [-0.25, -0.2) is 18.4 Å². The van der Waals surface area contributed by atoms with Gasteiger partial charge in [0, 0.05) is 17.9 Å². The fourth-order valence-corrected chi connectivity index (χ4v) is 2.43. The molecule has 0 amide bonds. The van der Waals surface area contributed by atoms with Crippen LogP contribution >= 0.6 is 11.6 Å². The number of hydrogen-bond acceptors (Lipinski definition) is 5. The van der Waals surface area contributed by atoms with Crippen molar-refractivity contribution in [2.75, 3.05) is 17.3 Å². The van der Waals surface area contributed by atoms with Gasteiger partial charge in [-0.3, -0.25) is 0 Å². The normalized spacial score (nSPS) is 13.5. The van der Waals surface area contributed by atoms with Crippen molar-refractivity contribution in [2.45, 2.75) is 19.9 Å². The lowest BCUT2D eigenvalue weighted by Gasteiger charge is -2.15. The van der Waals surface area contributed by atoms with Crippen LogP contribution in [0.2, 0.25) is 5.15 Å². The van der Waals surface area contributed by atoms with Crippen LogP contribution in [0.5, 0.6) is 0 Å². The van der Waals surface area contributed by atoms with Crippen molar-refractivity contribution in [1.29, 1.82) is 0 Å². The van der Waals surface area contributed by atoms with Gasteiger partial charge in [0.15, 0.2) is 0 Å². The van der Waals surface area contributed by atoms with Gasteiger partial charge >= 0.3 is 0 Å². The highest BCUT2D eigenvalue weighted by Gasteiger charge is 2.12. The highest BCUT2D eigenvalue weighted by molar-refractivity contribution is 7.90. The Bertz CT molecular complexity index is 476. The third kappa shape index (κ3) is 3.94. The third-order valence-electron chi connectivity index (χ3n) is 1.96. The lowest BCUT2D eigenvalue weighted by atomic mass is 10.3. The summed E-state index contributed by atoms with van der Waals surface area (Å²) in [5.74, 6) is 0.616. The number of hydrogen-bond donors (Lipinski definition) is 1. The molecule has 0 spiro atoms. The van der Waals surface area contributed by atoms with E-state index in [4.69, 9.17) is 11.6 Å². The molecule has 0 radical (unpaired) electrons. The Labute approximate surface area is 100 Å². The molecular weight excluding hydrogens is 250 g/mol. The molecule has 1 aromatic heterocycles. The van der Waals surface area contributed by atoms with Crippen molar-refractivity contribution in [2.24, 2.45) is 0 Å². The summed E-state index contributed by atoms with van der Waals surface area (Å²) in [6.07, 6.45) is 2.54. The number of anilines is 1. The zero-order valence-corrected chi connectivity index (χ0v) is 10.9. The van der Waals surface area contributed by atoms with E-state index in [1.807, 2.05) is 0 Å². The summed E-state index contributed by atoms with van der Waals surface area (Å²) in [5.41, 5.74) is 0.713. The number of aromatic nitrogens is 2. The first-order chi connectivity index (χ1) is 7.29. The first kappa shape index (κ1) is 13.2. The standard InChI is InChI=1S/C9H14ClN3O2S/c1-6(4-16(3,14)15)13-9-7(2)8(10)11-5-12-9/h5-6H,4H2,1-3H3,(H,11,12,13). The summed E-state index contributed by atoms with van der Waals surface area (Å²) in [7, 11) is -3.01. The Morgan fingerprint density at radius 1 is 1.50 bits per heavy atom. The Morgan fingerprint density at radius 3 is 2.69 bits per heavy atom. The van der Waals surface area contributed by atoms with Crippen molar-refractivity contribution in [3.05, 3.63) is 17.0 Å². The minimum absolute atomic E-state index is 0.0497. The van der Waals surface area contributed by atoms with Gasteiger partial charge < -0.3 is 5.32 Å². The molecule has 7 heteroatoms. The molecule has 0 aliphatic rings. The molecule has 0 bridgehead atoms. The van der Waals surface area contributed by atoms with E-state index in [0.29, 0.717) is 16.5 Å². The van der Waals surface area contributed by atoms with Crippen LogP contribution in [0.25, 0.3) is 0 Å². The molecule has 16 heavy (non-hydrogen) atoms. The molecule has 5 nitrogen and oxygen atoms in total. The zero-order valence-electron chi connectivity index (χ0n) is 9.36. The fourth-order valence-electron chi connectivity index (χ4n) is 1.30. The molecule has 1 unspecified atom stereocenters. The van der Waals surface area contributed by atoms with E-state index in [0.717, 1.165) is 0 Å². The SMILES string of the molecule is Cc1c(Cl)ncnc1NC(C)CS(C)(=O)=O. The topological polar surface area (TPSA) is 72.0 Å². The molecule has 0 aliphatic carbocycles. The number of halogens is 1. The summed E-state index contributed by atoms with van der Waals surface area (Å²) < 4.78 is 22.2. The molecular formula is C9H14ClN3O2S. The highest BCUT2D eigenvalue weighted by Crippen LogP contribution is 2.18. The molecule has 0 aromatic carbocycles. The van der Waals surface area contributed by atoms with Crippen LogP contribution in [0.15, 0.2) is 6.33 Å². The molecule has 1 heterocycles. The molecule has 0 saturated carbocycles. The van der Waals surface area contributed by atoms with E-state index in [-0.39, 0.29) is 11.8 Å². The van der Waals surface area contributed by atoms with Crippen LogP contribution in [-0.4, -0.2) is 36.4 Å². The minimum atomic E-state index is -3.01. The summed E-state index contributed by atoms with van der Waals surface area (Å²) >= 11 is 5.82. The lowest BCUT2D eigenvalue weighted by molar-refractivity contribution is 0.598. The Hall–Kier alpha value is -0.880. The fraction of sp³-hybridized carbons (Fsp3) is 0.556. The van der Waals surface area contributed by atoms with Crippen molar-refractivity contribution in [3.8, 4) is 0 Å². The predicted octanol–water partition coefficient (Wildman–Crippen LogP) is 1.28. The van der Waals surface area contributed by atoms with E-state index in [1.54, 1.807) is 13.8 Å². The number of nitrogens with one attached hydrogen (secondary N) is 1. The van der Waals surface area contributed by atoms with Gasteiger partial charge in [-0.15, -0.1) is 0 Å². The lowest BCUT2D eigenvalue weighted by Crippen LogP contribution is -2.26. The van der Waals surface area contributed by atoms with Crippen molar-refractivity contribution in [3.63, 3.8) is 0 Å². The molecule has 90 valence electrons. The maximum atomic E-state index is 11.1. The van der Waals surface area contributed by atoms with Gasteiger partial charge in [-0.2, -0.15) is 0 Å². The quantitative estimate of drug-likeness (QED) is 0.829. The molecule has 1 rings (SSSR count). The van der Waals surface area contributed by atoms with E-state index >= 15 is 0 Å². The highest BCUT2D eigenvalue weighted by atomic mass is 35.5. The van der Waals surface area contributed by atoms with Gasteiger partial charge in [0.1, 0.15) is 27.1 Å². The van der Waals surface area contributed by atoms with Crippen LogP contribution in [0.4, 0.5) is 5.82 Å². The second kappa shape index (κ2) is 4.97. The Morgan fingerprint density at radius 2 is 2.12 bits per heavy atom.